The largest absolute Gasteiger partial charge is 0.302 e. The monoisotopic (exact) mass is 419 g/mol. The number of anilines is 1. The highest BCUT2D eigenvalue weighted by Crippen LogP contribution is 2.23. The van der Waals surface area contributed by atoms with Crippen LogP contribution in [0.25, 0.3) is 0 Å². The van der Waals surface area contributed by atoms with Gasteiger partial charge in [-0.2, -0.15) is 0 Å². The number of benzene rings is 1. The topological polar surface area (TPSA) is 79.4 Å². The fourth-order valence-corrected chi connectivity index (χ4v) is 4.16. The SMILES string of the molecule is O=C(CCCCCN1C(=O)CCC1=O)Nc1ncc(Cc2cccc(Cl)c2)s1. The zero-order valence-corrected chi connectivity index (χ0v) is 17.0. The summed E-state index contributed by atoms with van der Waals surface area (Å²) in [6, 6.07) is 7.68. The number of amides is 3. The lowest BCUT2D eigenvalue weighted by molar-refractivity contribution is -0.138. The first-order valence-corrected chi connectivity index (χ1v) is 10.5. The van der Waals surface area contributed by atoms with Crippen molar-refractivity contribution in [3.8, 4) is 0 Å². The number of likely N-dealkylation sites (tertiary alicyclic amines) is 1. The summed E-state index contributed by atoms with van der Waals surface area (Å²) >= 11 is 7.46. The van der Waals surface area contributed by atoms with Crippen molar-refractivity contribution in [1.29, 1.82) is 0 Å². The predicted octanol–water partition coefficient (Wildman–Crippen LogP) is 4.04. The number of thiazole rings is 1. The zero-order valence-electron chi connectivity index (χ0n) is 15.4. The fraction of sp³-hybridized carbons (Fsp3) is 0.400. The number of nitrogens with zero attached hydrogens (tertiary/aromatic N) is 2. The number of hydrogen-bond acceptors (Lipinski definition) is 5. The minimum Gasteiger partial charge on any atom is -0.302 e. The second kappa shape index (κ2) is 9.80. The molecule has 1 aromatic heterocycles. The molecule has 1 saturated heterocycles. The Morgan fingerprint density at radius 2 is 1.96 bits per heavy atom. The Hall–Kier alpha value is -2.25. The van der Waals surface area contributed by atoms with Gasteiger partial charge in [-0.25, -0.2) is 4.98 Å². The summed E-state index contributed by atoms with van der Waals surface area (Å²) in [7, 11) is 0. The van der Waals surface area contributed by atoms with E-state index in [2.05, 4.69) is 10.3 Å². The average Bonchev–Trinajstić information content (AvgIpc) is 3.22. The zero-order chi connectivity index (χ0) is 19.9. The van der Waals surface area contributed by atoms with Crippen LogP contribution in [0.4, 0.5) is 5.13 Å². The number of carbonyl (C=O) groups is 3. The molecule has 0 atom stereocenters. The predicted molar refractivity (Wildman–Crippen MR) is 109 cm³/mol. The van der Waals surface area contributed by atoms with E-state index in [9.17, 15) is 14.4 Å². The highest BCUT2D eigenvalue weighted by atomic mass is 35.5. The van der Waals surface area contributed by atoms with Gasteiger partial charge in [0.2, 0.25) is 17.7 Å². The Morgan fingerprint density at radius 1 is 1.18 bits per heavy atom. The lowest BCUT2D eigenvalue weighted by Crippen LogP contribution is -2.29. The van der Waals surface area contributed by atoms with Crippen LogP contribution < -0.4 is 5.32 Å². The van der Waals surface area contributed by atoms with Crippen LogP contribution >= 0.6 is 22.9 Å². The Morgan fingerprint density at radius 3 is 2.71 bits per heavy atom. The van der Waals surface area contributed by atoms with Crippen LogP contribution in [-0.4, -0.2) is 34.2 Å². The molecular formula is C20H22ClN3O3S. The van der Waals surface area contributed by atoms with E-state index in [-0.39, 0.29) is 17.7 Å². The number of hydrogen-bond donors (Lipinski definition) is 1. The van der Waals surface area contributed by atoms with Crippen molar-refractivity contribution < 1.29 is 14.4 Å². The van der Waals surface area contributed by atoms with Crippen molar-refractivity contribution in [2.45, 2.75) is 44.9 Å². The van der Waals surface area contributed by atoms with E-state index in [1.165, 1.54) is 16.2 Å². The van der Waals surface area contributed by atoms with Crippen LogP contribution in [0, 0.1) is 0 Å². The highest BCUT2D eigenvalue weighted by molar-refractivity contribution is 7.15. The molecule has 148 valence electrons. The Bertz CT molecular complexity index is 852. The molecule has 8 heteroatoms. The van der Waals surface area contributed by atoms with E-state index in [1.807, 2.05) is 24.3 Å². The summed E-state index contributed by atoms with van der Waals surface area (Å²) in [6.45, 7) is 0.457. The molecule has 1 fully saturated rings. The molecule has 1 aliphatic rings. The number of halogens is 1. The normalized spacial score (nSPS) is 14.0. The lowest BCUT2D eigenvalue weighted by Gasteiger charge is -2.12. The summed E-state index contributed by atoms with van der Waals surface area (Å²) < 4.78 is 0. The van der Waals surface area contributed by atoms with E-state index in [1.54, 1.807) is 6.20 Å². The minimum absolute atomic E-state index is 0.0722. The maximum atomic E-state index is 12.1. The lowest BCUT2D eigenvalue weighted by atomic mass is 10.1. The maximum absolute atomic E-state index is 12.1. The highest BCUT2D eigenvalue weighted by Gasteiger charge is 2.27. The van der Waals surface area contributed by atoms with Gasteiger partial charge in [0.05, 0.1) is 0 Å². The molecule has 0 spiro atoms. The van der Waals surface area contributed by atoms with Gasteiger partial charge in [-0.1, -0.05) is 30.2 Å². The molecule has 0 saturated carbocycles. The molecule has 0 aliphatic carbocycles. The molecule has 3 amide bonds. The van der Waals surface area contributed by atoms with Gasteiger partial charge in [-0.05, 0) is 30.5 Å². The van der Waals surface area contributed by atoms with Crippen LogP contribution in [0.1, 0.15) is 49.0 Å². The molecule has 2 aromatic rings. The second-order valence-electron chi connectivity index (χ2n) is 6.74. The molecule has 1 aromatic carbocycles. The van der Waals surface area contributed by atoms with Crippen molar-refractivity contribution >= 4 is 45.8 Å². The van der Waals surface area contributed by atoms with E-state index >= 15 is 0 Å². The maximum Gasteiger partial charge on any atom is 0.229 e. The van der Waals surface area contributed by atoms with Crippen molar-refractivity contribution in [1.82, 2.24) is 9.88 Å². The van der Waals surface area contributed by atoms with Crippen LogP contribution in [0.15, 0.2) is 30.5 Å². The van der Waals surface area contributed by atoms with Gasteiger partial charge in [0.25, 0.3) is 0 Å². The Balaban J connectivity index is 1.35. The molecule has 6 nitrogen and oxygen atoms in total. The van der Waals surface area contributed by atoms with E-state index in [4.69, 9.17) is 11.6 Å². The van der Waals surface area contributed by atoms with Gasteiger partial charge in [0.1, 0.15) is 0 Å². The number of nitrogens with one attached hydrogen (secondary N) is 1. The average molecular weight is 420 g/mol. The smallest absolute Gasteiger partial charge is 0.229 e. The molecule has 3 rings (SSSR count). The first kappa shape index (κ1) is 20.5. The van der Waals surface area contributed by atoms with Gasteiger partial charge in [-0.3, -0.25) is 19.3 Å². The van der Waals surface area contributed by atoms with E-state index in [0.717, 1.165) is 29.7 Å². The van der Waals surface area contributed by atoms with Crippen LogP contribution in [-0.2, 0) is 20.8 Å². The first-order chi connectivity index (χ1) is 13.5. The number of imide groups is 1. The van der Waals surface area contributed by atoms with E-state index in [0.29, 0.717) is 42.4 Å². The molecular weight excluding hydrogens is 398 g/mol. The number of aromatic nitrogens is 1. The van der Waals surface area contributed by atoms with Gasteiger partial charge in [0, 0.05) is 48.3 Å². The van der Waals surface area contributed by atoms with E-state index < -0.39 is 0 Å². The summed E-state index contributed by atoms with van der Waals surface area (Å²) in [4.78, 5) is 41.8. The van der Waals surface area contributed by atoms with Crippen molar-refractivity contribution in [2.75, 3.05) is 11.9 Å². The fourth-order valence-electron chi connectivity index (χ4n) is 3.08. The van der Waals surface area contributed by atoms with Crippen LogP contribution in [0.5, 0.6) is 0 Å². The number of carbonyl (C=O) groups excluding carboxylic acids is 3. The third-order valence-electron chi connectivity index (χ3n) is 4.51. The van der Waals surface area contributed by atoms with Gasteiger partial charge in [0.15, 0.2) is 5.13 Å². The third-order valence-corrected chi connectivity index (χ3v) is 5.66. The summed E-state index contributed by atoms with van der Waals surface area (Å²) in [6.07, 6.45) is 5.78. The van der Waals surface area contributed by atoms with Gasteiger partial charge < -0.3 is 5.32 Å². The van der Waals surface area contributed by atoms with Gasteiger partial charge >= 0.3 is 0 Å². The summed E-state index contributed by atoms with van der Waals surface area (Å²) in [5.74, 6) is -0.239. The molecule has 28 heavy (non-hydrogen) atoms. The van der Waals surface area contributed by atoms with Crippen LogP contribution in [0.3, 0.4) is 0 Å². The minimum atomic E-state index is -0.0832. The summed E-state index contributed by atoms with van der Waals surface area (Å²) in [5, 5.41) is 4.13. The molecule has 2 heterocycles. The van der Waals surface area contributed by atoms with Crippen molar-refractivity contribution in [2.24, 2.45) is 0 Å². The third kappa shape index (κ3) is 5.87. The molecule has 1 N–H and O–H groups in total. The molecule has 0 radical (unpaired) electrons. The van der Waals surface area contributed by atoms with Crippen LogP contribution in [0.2, 0.25) is 5.02 Å². The quantitative estimate of drug-likeness (QED) is 0.491. The standard InChI is InChI=1S/C20H22ClN3O3S/c21-15-6-4-5-14(11-15)12-16-13-22-20(28-16)23-17(25)7-2-1-3-10-24-18(26)8-9-19(24)27/h4-6,11,13H,1-3,7-10,12H2,(H,22,23,25). The number of unbranched alkanes of at least 4 members (excludes halogenated alkanes) is 2. The Labute approximate surface area is 172 Å². The molecule has 1 aliphatic heterocycles. The molecule has 0 bridgehead atoms. The first-order valence-electron chi connectivity index (χ1n) is 9.33. The summed E-state index contributed by atoms with van der Waals surface area (Å²) in [5.41, 5.74) is 1.10. The van der Waals surface area contributed by atoms with Crippen molar-refractivity contribution in [3.63, 3.8) is 0 Å². The molecule has 0 unspecified atom stereocenters. The second-order valence-corrected chi connectivity index (χ2v) is 8.29. The Kier molecular flexibility index (Phi) is 7.17. The van der Waals surface area contributed by atoms with Crippen molar-refractivity contribution in [3.05, 3.63) is 45.9 Å². The van der Waals surface area contributed by atoms with Gasteiger partial charge in [-0.15, -0.1) is 11.3 Å². The number of rotatable bonds is 9.